The highest BCUT2D eigenvalue weighted by atomic mass is 32.2. The van der Waals surface area contributed by atoms with Gasteiger partial charge in [-0.3, -0.25) is 0 Å². The van der Waals surface area contributed by atoms with Crippen molar-refractivity contribution in [1.82, 2.24) is 4.98 Å². The number of rotatable bonds is 4. The van der Waals surface area contributed by atoms with Gasteiger partial charge in [-0.05, 0) is 12.1 Å². The Morgan fingerprint density at radius 1 is 1.50 bits per heavy atom. The van der Waals surface area contributed by atoms with Crippen LogP contribution in [0.5, 0.6) is 0 Å². The van der Waals surface area contributed by atoms with Gasteiger partial charge in [0.25, 0.3) is 0 Å². The maximum Gasteiger partial charge on any atom is 0.148 e. The lowest BCUT2D eigenvalue weighted by molar-refractivity contribution is 0.603. The summed E-state index contributed by atoms with van der Waals surface area (Å²) in [5, 5.41) is 0.758. The van der Waals surface area contributed by atoms with Crippen molar-refractivity contribution in [2.45, 2.75) is 5.03 Å². The summed E-state index contributed by atoms with van der Waals surface area (Å²) in [5.74, 6) is 1.12. The largest absolute Gasteiger partial charge is 0.384 e. The van der Waals surface area contributed by atoms with Crippen LogP contribution in [0.4, 0.5) is 5.82 Å². The summed E-state index contributed by atoms with van der Waals surface area (Å²) in [5.41, 5.74) is 5.47. The van der Waals surface area contributed by atoms with Crippen molar-refractivity contribution in [1.29, 1.82) is 0 Å². The molecule has 0 aliphatic carbocycles. The van der Waals surface area contributed by atoms with E-state index >= 15 is 0 Å². The Kier molecular flexibility index (Phi) is 3.77. The summed E-state index contributed by atoms with van der Waals surface area (Å²) in [7, 11) is -2.88. The molecule has 0 saturated carbocycles. The number of nitrogens with two attached hydrogens (primary N) is 1. The van der Waals surface area contributed by atoms with Crippen molar-refractivity contribution in [2.24, 2.45) is 0 Å². The van der Waals surface area contributed by atoms with Gasteiger partial charge in [0.05, 0.1) is 10.8 Å². The van der Waals surface area contributed by atoms with Gasteiger partial charge in [0, 0.05) is 12.0 Å². The molecule has 0 spiro atoms. The van der Waals surface area contributed by atoms with E-state index in [1.54, 1.807) is 12.1 Å². The Balaban J connectivity index is 2.47. The van der Waals surface area contributed by atoms with Crippen LogP contribution < -0.4 is 5.73 Å². The molecule has 0 aromatic carbocycles. The average Bonchev–Trinajstić information content (AvgIpc) is 2.01. The van der Waals surface area contributed by atoms with Crippen LogP contribution in [-0.2, 0) is 9.84 Å². The third-order valence-corrected chi connectivity index (χ3v) is 3.58. The molecule has 78 valence electrons. The summed E-state index contributed by atoms with van der Waals surface area (Å²) >= 11 is 1.39. The van der Waals surface area contributed by atoms with Gasteiger partial charge in [-0.1, -0.05) is 6.07 Å². The summed E-state index contributed by atoms with van der Waals surface area (Å²) in [6.45, 7) is 0. The van der Waals surface area contributed by atoms with Crippen LogP contribution in [0.1, 0.15) is 0 Å². The highest BCUT2D eigenvalue weighted by Crippen LogP contribution is 2.16. The van der Waals surface area contributed by atoms with Crippen LogP contribution in [0.25, 0.3) is 0 Å². The number of nitrogens with zero attached hydrogens (tertiary/aromatic N) is 1. The summed E-state index contributed by atoms with van der Waals surface area (Å²) in [6, 6.07) is 5.30. The van der Waals surface area contributed by atoms with Gasteiger partial charge in [0.15, 0.2) is 0 Å². The SMILES string of the molecule is CS(=O)(=O)CCSc1cccc(N)n1. The fraction of sp³-hybridized carbons (Fsp3) is 0.375. The molecule has 0 aliphatic heterocycles. The van der Waals surface area contributed by atoms with Gasteiger partial charge in [0.1, 0.15) is 15.7 Å². The number of anilines is 1. The molecule has 0 atom stereocenters. The molecular formula is C8H12N2O2S2. The van der Waals surface area contributed by atoms with Crippen molar-refractivity contribution in [2.75, 3.05) is 23.5 Å². The molecule has 0 bridgehead atoms. The first-order valence-electron chi connectivity index (χ1n) is 4.00. The maximum atomic E-state index is 10.8. The van der Waals surface area contributed by atoms with Crippen molar-refractivity contribution in [3.8, 4) is 0 Å². The van der Waals surface area contributed by atoms with E-state index in [1.807, 2.05) is 6.07 Å². The van der Waals surface area contributed by atoms with Crippen LogP contribution in [0.15, 0.2) is 23.2 Å². The summed E-state index contributed by atoms with van der Waals surface area (Å²) < 4.78 is 21.7. The first-order valence-corrected chi connectivity index (χ1v) is 7.05. The van der Waals surface area contributed by atoms with E-state index in [1.165, 1.54) is 18.0 Å². The number of sulfone groups is 1. The minimum absolute atomic E-state index is 0.161. The van der Waals surface area contributed by atoms with Crippen LogP contribution in [0, 0.1) is 0 Å². The van der Waals surface area contributed by atoms with Gasteiger partial charge in [-0.25, -0.2) is 13.4 Å². The third kappa shape index (κ3) is 4.48. The van der Waals surface area contributed by atoms with Crippen LogP contribution in [0.3, 0.4) is 0 Å². The van der Waals surface area contributed by atoms with Crippen molar-refractivity contribution in [3.05, 3.63) is 18.2 Å². The Bertz CT molecular complexity index is 404. The zero-order valence-corrected chi connectivity index (χ0v) is 9.44. The predicted molar refractivity (Wildman–Crippen MR) is 59.1 cm³/mol. The molecule has 2 N–H and O–H groups in total. The minimum atomic E-state index is -2.88. The van der Waals surface area contributed by atoms with Gasteiger partial charge in [-0.15, -0.1) is 11.8 Å². The molecule has 0 aliphatic rings. The van der Waals surface area contributed by atoms with Crippen molar-refractivity contribution in [3.63, 3.8) is 0 Å². The Morgan fingerprint density at radius 2 is 2.21 bits per heavy atom. The number of nitrogen functional groups attached to an aromatic ring is 1. The molecule has 0 amide bonds. The number of pyridine rings is 1. The first-order chi connectivity index (χ1) is 6.47. The second kappa shape index (κ2) is 4.65. The predicted octanol–water partition coefficient (Wildman–Crippen LogP) is 0.800. The Morgan fingerprint density at radius 3 is 2.79 bits per heavy atom. The number of hydrogen-bond acceptors (Lipinski definition) is 5. The molecule has 1 aromatic rings. The lowest BCUT2D eigenvalue weighted by Gasteiger charge is -2.00. The van der Waals surface area contributed by atoms with E-state index in [4.69, 9.17) is 5.73 Å². The fourth-order valence-electron chi connectivity index (χ4n) is 0.809. The molecule has 1 aromatic heterocycles. The third-order valence-electron chi connectivity index (χ3n) is 1.45. The molecule has 14 heavy (non-hydrogen) atoms. The molecule has 4 nitrogen and oxygen atoms in total. The van der Waals surface area contributed by atoms with Gasteiger partial charge in [-0.2, -0.15) is 0 Å². The molecule has 1 heterocycles. The van der Waals surface area contributed by atoms with E-state index in [-0.39, 0.29) is 5.75 Å². The van der Waals surface area contributed by atoms with Crippen LogP contribution >= 0.6 is 11.8 Å². The first kappa shape index (κ1) is 11.3. The molecule has 0 fully saturated rings. The topological polar surface area (TPSA) is 73.0 Å². The monoisotopic (exact) mass is 232 g/mol. The maximum absolute atomic E-state index is 10.8. The van der Waals surface area contributed by atoms with Crippen molar-refractivity contribution >= 4 is 27.4 Å². The number of thioether (sulfide) groups is 1. The van der Waals surface area contributed by atoms with E-state index in [0.717, 1.165) is 5.03 Å². The van der Waals surface area contributed by atoms with Gasteiger partial charge >= 0.3 is 0 Å². The lowest BCUT2D eigenvalue weighted by Crippen LogP contribution is -2.05. The Hall–Kier alpha value is -0.750. The second-order valence-electron chi connectivity index (χ2n) is 2.88. The number of hydrogen-bond donors (Lipinski definition) is 1. The normalized spacial score (nSPS) is 11.5. The molecule has 6 heteroatoms. The highest BCUT2D eigenvalue weighted by molar-refractivity contribution is 8.00. The van der Waals surface area contributed by atoms with Crippen LogP contribution in [0.2, 0.25) is 0 Å². The standard InChI is InChI=1S/C8H12N2O2S2/c1-14(11,12)6-5-13-8-4-2-3-7(9)10-8/h2-4H,5-6H2,1H3,(H2,9,10). The summed E-state index contributed by atoms with van der Waals surface area (Å²) in [6.07, 6.45) is 1.22. The highest BCUT2D eigenvalue weighted by Gasteiger charge is 2.03. The van der Waals surface area contributed by atoms with E-state index in [9.17, 15) is 8.42 Å². The van der Waals surface area contributed by atoms with E-state index < -0.39 is 9.84 Å². The average molecular weight is 232 g/mol. The molecule has 0 saturated heterocycles. The zero-order valence-electron chi connectivity index (χ0n) is 7.80. The lowest BCUT2D eigenvalue weighted by atomic mass is 10.5. The smallest absolute Gasteiger partial charge is 0.148 e. The van der Waals surface area contributed by atoms with Gasteiger partial charge < -0.3 is 5.73 Å². The fourth-order valence-corrected chi connectivity index (χ4v) is 2.91. The Labute approximate surface area is 87.8 Å². The minimum Gasteiger partial charge on any atom is -0.384 e. The summed E-state index contributed by atoms with van der Waals surface area (Å²) in [4.78, 5) is 4.04. The molecule has 0 radical (unpaired) electrons. The van der Waals surface area contributed by atoms with Gasteiger partial charge in [0.2, 0.25) is 0 Å². The van der Waals surface area contributed by atoms with Crippen LogP contribution in [-0.4, -0.2) is 31.2 Å². The number of aromatic nitrogens is 1. The zero-order chi connectivity index (χ0) is 10.6. The molecule has 0 unspecified atom stereocenters. The molecular weight excluding hydrogens is 220 g/mol. The second-order valence-corrected chi connectivity index (χ2v) is 6.25. The van der Waals surface area contributed by atoms with E-state index in [2.05, 4.69) is 4.98 Å². The van der Waals surface area contributed by atoms with Crippen molar-refractivity contribution < 1.29 is 8.42 Å². The van der Waals surface area contributed by atoms with E-state index in [0.29, 0.717) is 11.6 Å². The quantitative estimate of drug-likeness (QED) is 0.777. The molecule has 1 rings (SSSR count).